The molecule has 7 N–H and O–H groups in total. The Kier molecular flexibility index (Phi) is 10.4. The Balaban J connectivity index is 1.72. The van der Waals surface area contributed by atoms with Gasteiger partial charge in [-0.05, 0) is 53.2 Å². The van der Waals surface area contributed by atoms with E-state index in [1.54, 1.807) is 0 Å². The van der Waals surface area contributed by atoms with Crippen molar-refractivity contribution in [1.82, 2.24) is 0 Å². The summed E-state index contributed by atoms with van der Waals surface area (Å²) in [7, 11) is -12.9. The Labute approximate surface area is 303 Å². The van der Waals surface area contributed by atoms with Gasteiger partial charge in [-0.15, -0.1) is 35.2 Å². The predicted octanol–water partition coefficient (Wildman–Crippen LogP) is 7.49. The topological polar surface area (TPSA) is 351 Å². The molecule has 0 bridgehead atoms. The first kappa shape index (κ1) is 38.7. The molecule has 280 valence electrons. The van der Waals surface area contributed by atoms with Gasteiger partial charge in [0.15, 0.2) is 16.3 Å². The second kappa shape index (κ2) is 14.5. The van der Waals surface area contributed by atoms with Crippen molar-refractivity contribution in [3.05, 3.63) is 75.4 Å². The number of nitrogens with two attached hydrogens (primary N) is 1. The summed E-state index contributed by atoms with van der Waals surface area (Å²) in [5.74, 6) is -2.30. The summed E-state index contributed by atoms with van der Waals surface area (Å²) < 4.78 is 80.4. The van der Waals surface area contributed by atoms with Crippen LogP contribution in [0.15, 0.2) is 110 Å². The molecule has 54 heavy (non-hydrogen) atoms. The number of aromatic hydroxyl groups is 2. The summed E-state index contributed by atoms with van der Waals surface area (Å²) >= 11 is 0. The molecule has 0 saturated carbocycles. The van der Waals surface area contributed by atoms with Crippen molar-refractivity contribution in [1.29, 1.82) is 0 Å². The number of fused-ring (bicyclic) bond motifs is 2. The highest BCUT2D eigenvalue weighted by molar-refractivity contribution is 8.30. The number of ether oxygens (including phenoxy) is 1. The zero-order valence-electron chi connectivity index (χ0n) is 27.2. The maximum Gasteiger partial charge on any atom is 0.296 e. The highest BCUT2D eigenvalue weighted by atomic mass is 32.3. The van der Waals surface area contributed by atoms with Crippen LogP contribution in [-0.4, -0.2) is 49.2 Å². The number of anilines is 2. The number of carbonyl (C=O) groups excluding carboxylic acids is 1. The van der Waals surface area contributed by atoms with Crippen LogP contribution in [0, 0.1) is 14.7 Å². The summed E-state index contributed by atoms with van der Waals surface area (Å²) in [4.78, 5) is 44.8. The summed E-state index contributed by atoms with van der Waals surface area (Å²) in [6, 6.07) is 10.8. The van der Waals surface area contributed by atoms with Gasteiger partial charge in [-0.2, -0.15) is 16.8 Å². The van der Waals surface area contributed by atoms with Crippen LogP contribution in [0.5, 0.6) is 17.2 Å². The molecule has 25 heteroatoms. The van der Waals surface area contributed by atoms with Gasteiger partial charge in [-0.25, -0.2) is 0 Å². The zero-order chi connectivity index (χ0) is 39.7. The third-order valence-corrected chi connectivity index (χ3v) is 10.6. The molecular formula is C29H23N9O13S3. The number of methoxy groups -OCH3 is 1. The van der Waals surface area contributed by atoms with E-state index in [4.69, 9.17) is 10.5 Å². The van der Waals surface area contributed by atoms with E-state index in [1.165, 1.54) is 25.3 Å². The second-order valence-electron chi connectivity index (χ2n) is 10.9. The number of phenols is 2. The van der Waals surface area contributed by atoms with E-state index in [1.807, 2.05) is 0 Å². The van der Waals surface area contributed by atoms with E-state index >= 15 is 0 Å². The van der Waals surface area contributed by atoms with E-state index in [-0.39, 0.29) is 50.0 Å². The maximum absolute atomic E-state index is 12.3. The third-order valence-electron chi connectivity index (χ3n) is 7.37. The Hall–Kier alpha value is -6.54. The molecule has 0 radical (unpaired) electrons. The van der Waals surface area contributed by atoms with Gasteiger partial charge in [0.05, 0.1) is 33.7 Å². The molecule has 22 nitrogen and oxygen atoms in total. The molecule has 0 atom stereocenters. The largest absolute Gasteiger partial charge is 0.507 e. The number of nitroso groups, excluding NO2 is 3. The number of nitrogens with one attached hydrogen (secondary N) is 1. The lowest BCUT2D eigenvalue weighted by Crippen LogP contribution is -2.06. The Morgan fingerprint density at radius 3 is 1.96 bits per heavy atom. The van der Waals surface area contributed by atoms with Gasteiger partial charge in [-0.1, -0.05) is 6.07 Å². The average molecular weight is 802 g/mol. The fourth-order valence-corrected chi connectivity index (χ4v) is 7.10. The molecule has 0 heterocycles. The lowest BCUT2D eigenvalue weighted by Gasteiger charge is -2.16. The van der Waals surface area contributed by atoms with Crippen molar-refractivity contribution >= 4 is 92.4 Å². The van der Waals surface area contributed by atoms with Crippen molar-refractivity contribution < 1.29 is 45.7 Å². The smallest absolute Gasteiger partial charge is 0.296 e. The fourth-order valence-electron chi connectivity index (χ4n) is 5.01. The first-order valence-electron chi connectivity index (χ1n) is 14.4. The Morgan fingerprint density at radius 1 is 0.741 bits per heavy atom. The van der Waals surface area contributed by atoms with Crippen molar-refractivity contribution in [2.75, 3.05) is 18.2 Å². The quantitative estimate of drug-likeness (QED) is 0.0308. The molecule has 0 aromatic heterocycles. The van der Waals surface area contributed by atoms with E-state index in [0.29, 0.717) is 6.07 Å². The zero-order valence-corrected chi connectivity index (χ0v) is 29.6. The molecular weight excluding hydrogens is 779 g/mol. The van der Waals surface area contributed by atoms with Crippen molar-refractivity contribution in [3.63, 3.8) is 0 Å². The van der Waals surface area contributed by atoms with Crippen molar-refractivity contribution in [3.8, 4) is 17.2 Å². The van der Waals surface area contributed by atoms with Crippen LogP contribution in [0.25, 0.3) is 21.5 Å². The summed E-state index contributed by atoms with van der Waals surface area (Å²) in [5, 5.41) is 39.8. The highest BCUT2D eigenvalue weighted by Crippen LogP contribution is 2.61. The number of phenolic OH excluding ortho intramolecular Hbond substituents is 2. The fraction of sp³-hybridized carbons (Fsp3) is 0.0690. The van der Waals surface area contributed by atoms with Gasteiger partial charge in [0.2, 0.25) is 5.91 Å². The molecule has 0 unspecified atom stereocenters. The highest BCUT2D eigenvalue weighted by Gasteiger charge is 2.33. The van der Waals surface area contributed by atoms with E-state index < -0.39 is 74.3 Å². The van der Waals surface area contributed by atoms with Crippen LogP contribution < -0.4 is 15.8 Å². The van der Waals surface area contributed by atoms with Crippen LogP contribution in [-0.2, 0) is 25.0 Å². The number of rotatable bonds is 12. The van der Waals surface area contributed by atoms with Crippen molar-refractivity contribution in [2.24, 2.45) is 34.2 Å². The third kappa shape index (κ3) is 7.50. The number of amides is 1. The molecule has 0 saturated heterocycles. The SMILES string of the molecule is COc1cc(N=Nc2cc(S(N=O)(N=O)N=O)cc3cc(S(=O)(=O)O)cc(O)c23)c(NC(C)=O)cc1N=Nc1c(S(=O)(=O)O)cc2ccc(N)cc2c1O. The van der Waals surface area contributed by atoms with Gasteiger partial charge in [-0.3, -0.25) is 13.9 Å². The van der Waals surface area contributed by atoms with Gasteiger partial charge in [0.25, 0.3) is 20.2 Å². The number of nitrogen functional groups attached to an aromatic ring is 1. The van der Waals surface area contributed by atoms with Gasteiger partial charge in [0.1, 0.15) is 33.5 Å². The summed E-state index contributed by atoms with van der Waals surface area (Å²) in [6.45, 7) is 1.12. The predicted molar refractivity (Wildman–Crippen MR) is 194 cm³/mol. The minimum atomic E-state index is -4.98. The monoisotopic (exact) mass is 801 g/mol. The standard InChI is InChI=1S/C29H23N9O13S3/c1-13(39)31-20-11-22(33-35-28-26(54(48,49)50)7-14-3-4-16(30)8-19(14)29(28)41)25(51-2)12-21(20)32-34-23-9-17(52(36-42,37-43)38-44)5-15-6-18(53(45,46)47)10-24(40)27(15)23/h3-12,40-41H,30H2,1-2H3,(H,31,39)(H,45,46,47)(H,48,49,50). The molecule has 0 aliphatic carbocycles. The van der Waals surface area contributed by atoms with Crippen LogP contribution >= 0.6 is 10.6 Å². The number of azo groups is 2. The lowest BCUT2D eigenvalue weighted by atomic mass is 10.1. The Bertz CT molecular complexity index is 2700. The van der Waals surface area contributed by atoms with Gasteiger partial charge < -0.3 is 26.0 Å². The molecule has 0 fully saturated rings. The molecule has 0 aliphatic heterocycles. The number of nitrogens with zero attached hydrogens (tertiary/aromatic N) is 7. The summed E-state index contributed by atoms with van der Waals surface area (Å²) in [6.07, 6.45) is 0. The van der Waals surface area contributed by atoms with E-state index in [0.717, 1.165) is 43.3 Å². The van der Waals surface area contributed by atoms with Crippen LogP contribution in [0.4, 0.5) is 34.1 Å². The maximum atomic E-state index is 12.3. The minimum Gasteiger partial charge on any atom is -0.507 e. The molecule has 0 spiro atoms. The number of benzene rings is 5. The number of carbonyl (C=O) groups is 1. The van der Waals surface area contributed by atoms with Crippen LogP contribution in [0.1, 0.15) is 6.92 Å². The number of hydrogen-bond donors (Lipinski definition) is 6. The van der Waals surface area contributed by atoms with Gasteiger partial charge in [0, 0.05) is 43.9 Å². The summed E-state index contributed by atoms with van der Waals surface area (Å²) in [5.41, 5.74) is 4.38. The average Bonchev–Trinajstić information content (AvgIpc) is 3.10. The Morgan fingerprint density at radius 2 is 1.37 bits per heavy atom. The molecule has 5 aromatic rings. The van der Waals surface area contributed by atoms with E-state index in [2.05, 4.69) is 39.5 Å². The normalized spacial score (nSPS) is 12.7. The molecule has 0 aliphatic rings. The molecule has 5 aromatic carbocycles. The first-order valence-corrected chi connectivity index (χ1v) is 18.7. The second-order valence-corrected chi connectivity index (χ2v) is 15.6. The van der Waals surface area contributed by atoms with Crippen LogP contribution in [0.3, 0.4) is 0 Å². The van der Waals surface area contributed by atoms with Gasteiger partial charge >= 0.3 is 0 Å². The van der Waals surface area contributed by atoms with Crippen LogP contribution in [0.2, 0.25) is 0 Å². The first-order chi connectivity index (χ1) is 25.3. The number of hydrogen-bond acceptors (Lipinski definition) is 19. The minimum absolute atomic E-state index is 0.0745. The molecule has 1 amide bonds. The van der Waals surface area contributed by atoms with E-state index in [9.17, 15) is 55.7 Å². The van der Waals surface area contributed by atoms with Crippen molar-refractivity contribution in [2.45, 2.75) is 21.6 Å². The molecule has 5 rings (SSSR count). The lowest BCUT2D eigenvalue weighted by molar-refractivity contribution is -0.114.